The molecule has 0 radical (unpaired) electrons. The number of benzene rings is 1. The molecule has 0 aliphatic heterocycles. The highest BCUT2D eigenvalue weighted by Crippen LogP contribution is 2.27. The highest BCUT2D eigenvalue weighted by molar-refractivity contribution is 5.68. The fourth-order valence-electron chi connectivity index (χ4n) is 1.93. The van der Waals surface area contributed by atoms with Crippen molar-refractivity contribution in [3.05, 3.63) is 45.6 Å². The maximum absolute atomic E-state index is 11.1. The third-order valence-electron chi connectivity index (χ3n) is 2.94. The predicted molar refractivity (Wildman–Crippen MR) is 82.0 cm³/mol. The van der Waals surface area contributed by atoms with Crippen LogP contribution in [-0.2, 0) is 0 Å². The van der Waals surface area contributed by atoms with Crippen molar-refractivity contribution in [2.45, 2.75) is 20.8 Å². The first kappa shape index (κ1) is 14.7. The first-order valence-electron chi connectivity index (χ1n) is 6.61. The minimum atomic E-state index is -0.498. The second kappa shape index (κ2) is 6.17. The Kier molecular flexibility index (Phi) is 4.32. The van der Waals surface area contributed by atoms with E-state index >= 15 is 0 Å². The number of rotatable bonds is 5. The summed E-state index contributed by atoms with van der Waals surface area (Å²) in [4.78, 5) is 18.7. The lowest BCUT2D eigenvalue weighted by Crippen LogP contribution is -2.07. The van der Waals surface area contributed by atoms with Crippen molar-refractivity contribution < 1.29 is 4.92 Å². The van der Waals surface area contributed by atoms with Gasteiger partial charge in [0.05, 0.1) is 4.92 Å². The van der Waals surface area contributed by atoms with Crippen LogP contribution >= 0.6 is 0 Å². The third kappa shape index (κ3) is 3.44. The molecule has 2 rings (SSSR count). The van der Waals surface area contributed by atoms with Gasteiger partial charge in [-0.1, -0.05) is 17.7 Å². The van der Waals surface area contributed by atoms with Gasteiger partial charge in [0.25, 0.3) is 0 Å². The van der Waals surface area contributed by atoms with Crippen LogP contribution < -0.4 is 10.6 Å². The number of nitro groups is 1. The number of nitrogens with zero attached hydrogens (tertiary/aromatic N) is 3. The summed E-state index contributed by atoms with van der Waals surface area (Å²) >= 11 is 0. The molecule has 1 heterocycles. The molecule has 7 nitrogen and oxygen atoms in total. The lowest BCUT2D eigenvalue weighted by molar-refractivity contribution is -0.384. The van der Waals surface area contributed by atoms with Crippen molar-refractivity contribution in [1.82, 2.24) is 9.97 Å². The molecular weight excluding hydrogens is 270 g/mol. The van der Waals surface area contributed by atoms with Gasteiger partial charge in [-0.25, -0.2) is 4.98 Å². The van der Waals surface area contributed by atoms with E-state index in [0.717, 1.165) is 16.8 Å². The summed E-state index contributed by atoms with van der Waals surface area (Å²) in [6, 6.07) is 5.82. The quantitative estimate of drug-likeness (QED) is 0.648. The van der Waals surface area contributed by atoms with E-state index in [-0.39, 0.29) is 11.5 Å². The monoisotopic (exact) mass is 287 g/mol. The molecule has 21 heavy (non-hydrogen) atoms. The number of hydrogen-bond acceptors (Lipinski definition) is 6. The van der Waals surface area contributed by atoms with Crippen LogP contribution in [-0.4, -0.2) is 21.4 Å². The molecule has 1 aromatic carbocycles. The maximum Gasteiger partial charge on any atom is 0.329 e. The van der Waals surface area contributed by atoms with Gasteiger partial charge >= 0.3 is 5.69 Å². The minimum Gasteiger partial charge on any atom is -0.354 e. The van der Waals surface area contributed by atoms with E-state index in [1.807, 2.05) is 39.0 Å². The number of aryl methyl sites for hydroxylation is 2. The van der Waals surface area contributed by atoms with Gasteiger partial charge in [0, 0.05) is 12.2 Å². The normalized spacial score (nSPS) is 10.2. The molecule has 0 atom stereocenters. The Hall–Kier alpha value is -2.70. The Morgan fingerprint density at radius 1 is 1.33 bits per heavy atom. The molecule has 0 saturated heterocycles. The molecule has 7 heteroatoms. The zero-order valence-corrected chi connectivity index (χ0v) is 12.2. The van der Waals surface area contributed by atoms with Gasteiger partial charge in [0.1, 0.15) is 6.20 Å². The topological polar surface area (TPSA) is 93.0 Å². The van der Waals surface area contributed by atoms with Crippen molar-refractivity contribution in [3.63, 3.8) is 0 Å². The van der Waals surface area contributed by atoms with Crippen LogP contribution in [0.5, 0.6) is 0 Å². The molecule has 2 N–H and O–H groups in total. The summed E-state index contributed by atoms with van der Waals surface area (Å²) < 4.78 is 0. The van der Waals surface area contributed by atoms with Gasteiger partial charge in [-0.15, -0.1) is 0 Å². The molecule has 0 spiro atoms. The zero-order chi connectivity index (χ0) is 15.4. The van der Waals surface area contributed by atoms with E-state index in [1.54, 1.807) is 0 Å². The van der Waals surface area contributed by atoms with Gasteiger partial charge in [-0.3, -0.25) is 10.1 Å². The minimum absolute atomic E-state index is 0.156. The highest BCUT2D eigenvalue weighted by atomic mass is 16.6. The Labute approximate surface area is 122 Å². The summed E-state index contributed by atoms with van der Waals surface area (Å²) in [5.74, 6) is 0.535. The van der Waals surface area contributed by atoms with E-state index in [0.29, 0.717) is 12.5 Å². The lowest BCUT2D eigenvalue weighted by Gasteiger charge is -2.11. The van der Waals surface area contributed by atoms with Crippen LogP contribution in [0.3, 0.4) is 0 Å². The average Bonchev–Trinajstić information content (AvgIpc) is 2.42. The standard InChI is InChI=1S/C14H17N5O2/c1-4-15-14-16-8-12(19(20)21)13(18-14)17-11-6-5-9(2)7-10(11)3/h5-8H,4H2,1-3H3,(H2,15,16,17,18). The first-order valence-corrected chi connectivity index (χ1v) is 6.61. The predicted octanol–water partition coefficient (Wildman–Crippen LogP) is 3.18. The van der Waals surface area contributed by atoms with Crippen LogP contribution in [0.1, 0.15) is 18.1 Å². The SMILES string of the molecule is CCNc1ncc([N+](=O)[O-])c(Nc2ccc(C)cc2C)n1. The molecule has 0 aliphatic carbocycles. The van der Waals surface area contributed by atoms with Crippen LogP contribution in [0.15, 0.2) is 24.4 Å². The summed E-state index contributed by atoms with van der Waals surface area (Å²) in [5, 5.41) is 17.0. The summed E-state index contributed by atoms with van der Waals surface area (Å²) in [7, 11) is 0. The van der Waals surface area contributed by atoms with Crippen LogP contribution in [0.4, 0.5) is 23.1 Å². The smallest absolute Gasteiger partial charge is 0.329 e. The lowest BCUT2D eigenvalue weighted by atomic mass is 10.1. The molecule has 0 aliphatic rings. The molecule has 2 aromatic rings. The van der Waals surface area contributed by atoms with Gasteiger partial charge < -0.3 is 10.6 Å². The molecule has 110 valence electrons. The summed E-state index contributed by atoms with van der Waals surface area (Å²) in [6.07, 6.45) is 1.21. The van der Waals surface area contributed by atoms with Crippen molar-refractivity contribution in [3.8, 4) is 0 Å². The molecule has 0 unspecified atom stereocenters. The van der Waals surface area contributed by atoms with Gasteiger partial charge in [-0.05, 0) is 32.4 Å². The molecular formula is C14H17N5O2. The van der Waals surface area contributed by atoms with E-state index < -0.39 is 4.92 Å². The van der Waals surface area contributed by atoms with Crippen molar-refractivity contribution >= 4 is 23.1 Å². The second-order valence-corrected chi connectivity index (χ2v) is 4.66. The van der Waals surface area contributed by atoms with E-state index in [4.69, 9.17) is 0 Å². The van der Waals surface area contributed by atoms with Gasteiger partial charge in [0.2, 0.25) is 11.8 Å². The largest absolute Gasteiger partial charge is 0.354 e. The molecule has 0 bridgehead atoms. The van der Waals surface area contributed by atoms with Crippen molar-refractivity contribution in [1.29, 1.82) is 0 Å². The van der Waals surface area contributed by atoms with Crippen molar-refractivity contribution in [2.75, 3.05) is 17.2 Å². The number of anilines is 3. The maximum atomic E-state index is 11.1. The Morgan fingerprint density at radius 2 is 2.10 bits per heavy atom. The molecule has 0 amide bonds. The van der Waals surface area contributed by atoms with E-state index in [9.17, 15) is 10.1 Å². The average molecular weight is 287 g/mol. The van der Waals surface area contributed by atoms with E-state index in [2.05, 4.69) is 20.6 Å². The van der Waals surface area contributed by atoms with Crippen LogP contribution in [0.2, 0.25) is 0 Å². The van der Waals surface area contributed by atoms with E-state index in [1.165, 1.54) is 6.20 Å². The molecule has 0 fully saturated rings. The fourth-order valence-corrected chi connectivity index (χ4v) is 1.93. The van der Waals surface area contributed by atoms with Gasteiger partial charge in [0.15, 0.2) is 0 Å². The van der Waals surface area contributed by atoms with Crippen LogP contribution in [0, 0.1) is 24.0 Å². The number of nitrogens with one attached hydrogen (secondary N) is 2. The fraction of sp³-hybridized carbons (Fsp3) is 0.286. The van der Waals surface area contributed by atoms with Gasteiger partial charge in [-0.2, -0.15) is 4.98 Å². The Morgan fingerprint density at radius 3 is 2.71 bits per heavy atom. The molecule has 0 saturated carbocycles. The Balaban J connectivity index is 2.40. The number of aromatic nitrogens is 2. The third-order valence-corrected chi connectivity index (χ3v) is 2.94. The molecule has 1 aromatic heterocycles. The van der Waals surface area contributed by atoms with Crippen LogP contribution in [0.25, 0.3) is 0 Å². The second-order valence-electron chi connectivity index (χ2n) is 4.66. The number of hydrogen-bond donors (Lipinski definition) is 2. The summed E-state index contributed by atoms with van der Waals surface area (Å²) in [6.45, 7) is 6.48. The Bertz CT molecular complexity index is 672. The first-order chi connectivity index (χ1) is 10.0. The highest BCUT2D eigenvalue weighted by Gasteiger charge is 2.18. The zero-order valence-electron chi connectivity index (χ0n) is 12.2. The van der Waals surface area contributed by atoms with Crippen molar-refractivity contribution in [2.24, 2.45) is 0 Å². The summed E-state index contributed by atoms with van der Waals surface area (Å²) in [5.41, 5.74) is 2.75.